The van der Waals surface area contributed by atoms with Gasteiger partial charge in [-0.25, -0.2) is 0 Å². The van der Waals surface area contributed by atoms with Gasteiger partial charge in [-0.1, -0.05) is 12.1 Å². The Bertz CT molecular complexity index is 449. The lowest BCUT2D eigenvalue weighted by atomic mass is 10.1. The second kappa shape index (κ2) is 10.4. The van der Waals surface area contributed by atoms with Crippen molar-refractivity contribution in [3.63, 3.8) is 0 Å². The van der Waals surface area contributed by atoms with E-state index in [0.29, 0.717) is 13.2 Å². The van der Waals surface area contributed by atoms with Crippen LogP contribution in [0.1, 0.15) is 24.5 Å². The monoisotopic (exact) mass is 309 g/mol. The molecule has 0 bridgehead atoms. The highest BCUT2D eigenvalue weighted by atomic mass is 32.2. The van der Waals surface area contributed by atoms with Crippen molar-refractivity contribution in [3.8, 4) is 5.75 Å². The Morgan fingerprint density at radius 1 is 1.33 bits per heavy atom. The summed E-state index contributed by atoms with van der Waals surface area (Å²) in [5, 5.41) is 6.66. The maximum Gasteiger partial charge on any atom is 0.191 e. The summed E-state index contributed by atoms with van der Waals surface area (Å²) in [5.41, 5.74) is 2.36. The molecule has 0 spiro atoms. The molecule has 1 aromatic carbocycles. The molecule has 2 N–H and O–H groups in total. The standard InChI is InChI=1S/C16H27N3OS/c1-5-20-15-11-13(2)7-8-14(15)12-19-16(17-3)18-9-6-10-21-4/h7-8,11H,5-6,9-10,12H2,1-4H3,(H2,17,18,19). The number of rotatable bonds is 8. The number of benzene rings is 1. The number of guanidine groups is 1. The normalized spacial score (nSPS) is 11.3. The van der Waals surface area contributed by atoms with Crippen molar-refractivity contribution in [2.45, 2.75) is 26.8 Å². The van der Waals surface area contributed by atoms with E-state index in [1.54, 1.807) is 7.05 Å². The molecular formula is C16H27N3OS. The third-order valence-corrected chi connectivity index (χ3v) is 3.71. The van der Waals surface area contributed by atoms with Gasteiger partial charge in [0.05, 0.1) is 6.61 Å². The van der Waals surface area contributed by atoms with E-state index in [4.69, 9.17) is 4.74 Å². The fourth-order valence-electron chi connectivity index (χ4n) is 1.92. The summed E-state index contributed by atoms with van der Waals surface area (Å²) >= 11 is 1.86. The molecule has 0 unspecified atom stereocenters. The lowest BCUT2D eigenvalue weighted by Crippen LogP contribution is -2.37. The maximum atomic E-state index is 5.69. The number of aliphatic imine (C=N–C) groups is 1. The molecule has 0 radical (unpaired) electrons. The number of nitrogens with zero attached hydrogens (tertiary/aromatic N) is 1. The average Bonchev–Trinajstić information content (AvgIpc) is 2.48. The van der Waals surface area contributed by atoms with Crippen molar-refractivity contribution in [2.24, 2.45) is 4.99 Å². The Morgan fingerprint density at radius 2 is 2.14 bits per heavy atom. The third-order valence-electron chi connectivity index (χ3n) is 3.01. The van der Waals surface area contributed by atoms with E-state index in [9.17, 15) is 0 Å². The SMILES string of the molecule is CCOc1cc(C)ccc1CNC(=NC)NCCCSC. The van der Waals surface area contributed by atoms with Crippen LogP contribution in [0.3, 0.4) is 0 Å². The third kappa shape index (κ3) is 6.76. The minimum Gasteiger partial charge on any atom is -0.494 e. The van der Waals surface area contributed by atoms with Gasteiger partial charge in [0.1, 0.15) is 5.75 Å². The minimum absolute atomic E-state index is 0.679. The first-order valence-electron chi connectivity index (χ1n) is 7.37. The van der Waals surface area contributed by atoms with E-state index in [-0.39, 0.29) is 0 Å². The molecule has 0 amide bonds. The van der Waals surface area contributed by atoms with E-state index >= 15 is 0 Å². The summed E-state index contributed by atoms with van der Waals surface area (Å²) < 4.78 is 5.69. The van der Waals surface area contributed by atoms with Crippen LogP contribution in [0.5, 0.6) is 5.75 Å². The Balaban J connectivity index is 2.52. The van der Waals surface area contributed by atoms with Crippen molar-refractivity contribution in [3.05, 3.63) is 29.3 Å². The Morgan fingerprint density at radius 3 is 2.81 bits per heavy atom. The van der Waals surface area contributed by atoms with Crippen molar-refractivity contribution in [2.75, 3.05) is 32.2 Å². The Kier molecular flexibility index (Phi) is 8.74. The molecule has 0 heterocycles. The zero-order chi connectivity index (χ0) is 15.5. The fraction of sp³-hybridized carbons (Fsp3) is 0.562. The molecular weight excluding hydrogens is 282 g/mol. The van der Waals surface area contributed by atoms with Crippen LogP contribution in [0.25, 0.3) is 0 Å². The van der Waals surface area contributed by atoms with Crippen molar-refractivity contribution in [1.29, 1.82) is 0 Å². The number of nitrogens with one attached hydrogen (secondary N) is 2. The molecule has 0 fully saturated rings. The number of hydrogen-bond acceptors (Lipinski definition) is 3. The van der Waals surface area contributed by atoms with Gasteiger partial charge >= 0.3 is 0 Å². The van der Waals surface area contributed by atoms with Crippen LogP contribution in [0.2, 0.25) is 0 Å². The molecule has 21 heavy (non-hydrogen) atoms. The van der Waals surface area contributed by atoms with Crippen LogP contribution >= 0.6 is 11.8 Å². The molecule has 0 aliphatic heterocycles. The van der Waals surface area contributed by atoms with E-state index in [1.807, 2.05) is 18.7 Å². The topological polar surface area (TPSA) is 45.6 Å². The smallest absolute Gasteiger partial charge is 0.191 e. The lowest BCUT2D eigenvalue weighted by molar-refractivity contribution is 0.336. The maximum absolute atomic E-state index is 5.69. The van der Waals surface area contributed by atoms with Crippen molar-refractivity contribution >= 4 is 17.7 Å². The first-order valence-corrected chi connectivity index (χ1v) is 8.76. The van der Waals surface area contributed by atoms with Gasteiger partial charge in [0.2, 0.25) is 0 Å². The molecule has 118 valence electrons. The summed E-state index contributed by atoms with van der Waals surface area (Å²) in [7, 11) is 1.79. The van der Waals surface area contributed by atoms with Gasteiger partial charge in [-0.2, -0.15) is 11.8 Å². The molecule has 1 aromatic rings. The number of hydrogen-bond donors (Lipinski definition) is 2. The van der Waals surface area contributed by atoms with E-state index < -0.39 is 0 Å². The van der Waals surface area contributed by atoms with Crippen LogP contribution in [0, 0.1) is 6.92 Å². The molecule has 0 aliphatic carbocycles. The molecule has 0 saturated heterocycles. The van der Waals surface area contributed by atoms with Gasteiger partial charge in [0.25, 0.3) is 0 Å². The number of ether oxygens (including phenoxy) is 1. The average molecular weight is 309 g/mol. The second-order valence-electron chi connectivity index (χ2n) is 4.74. The first-order chi connectivity index (χ1) is 10.2. The van der Waals surface area contributed by atoms with Gasteiger partial charge < -0.3 is 15.4 Å². The summed E-state index contributed by atoms with van der Waals surface area (Å²) in [4.78, 5) is 4.24. The highest BCUT2D eigenvalue weighted by Crippen LogP contribution is 2.20. The van der Waals surface area contributed by atoms with Crippen molar-refractivity contribution < 1.29 is 4.74 Å². The van der Waals surface area contributed by atoms with Gasteiger partial charge in [0.15, 0.2) is 5.96 Å². The van der Waals surface area contributed by atoms with Crippen LogP contribution in [0.4, 0.5) is 0 Å². The van der Waals surface area contributed by atoms with Crippen LogP contribution in [0.15, 0.2) is 23.2 Å². The Hall–Kier alpha value is -1.36. The van der Waals surface area contributed by atoms with Crippen molar-refractivity contribution in [1.82, 2.24) is 10.6 Å². The first kappa shape index (κ1) is 17.7. The molecule has 1 rings (SSSR count). The molecule has 0 atom stereocenters. The predicted octanol–water partition coefficient (Wildman–Crippen LogP) is 2.81. The zero-order valence-corrected chi connectivity index (χ0v) is 14.3. The summed E-state index contributed by atoms with van der Waals surface area (Å²) in [5.74, 6) is 2.94. The highest BCUT2D eigenvalue weighted by molar-refractivity contribution is 7.98. The largest absolute Gasteiger partial charge is 0.494 e. The second-order valence-corrected chi connectivity index (χ2v) is 5.73. The molecule has 0 aromatic heterocycles. The number of thioether (sulfide) groups is 1. The number of aryl methyl sites for hydroxylation is 1. The van der Waals surface area contributed by atoms with E-state index in [1.165, 1.54) is 5.56 Å². The fourth-order valence-corrected chi connectivity index (χ4v) is 2.35. The quantitative estimate of drug-likeness (QED) is 0.440. The lowest BCUT2D eigenvalue weighted by Gasteiger charge is -2.14. The molecule has 4 nitrogen and oxygen atoms in total. The van der Waals surface area contributed by atoms with Gasteiger partial charge in [-0.3, -0.25) is 4.99 Å². The predicted molar refractivity (Wildman–Crippen MR) is 93.5 cm³/mol. The summed E-state index contributed by atoms with van der Waals surface area (Å²) in [6, 6.07) is 6.29. The van der Waals surface area contributed by atoms with Crippen LogP contribution in [-0.2, 0) is 6.54 Å². The summed E-state index contributed by atoms with van der Waals surface area (Å²) in [6.45, 7) is 6.40. The van der Waals surface area contributed by atoms with Gasteiger partial charge in [-0.15, -0.1) is 0 Å². The van der Waals surface area contributed by atoms with E-state index in [2.05, 4.69) is 47.0 Å². The minimum atomic E-state index is 0.679. The van der Waals surface area contributed by atoms with Crippen LogP contribution < -0.4 is 15.4 Å². The molecule has 5 heteroatoms. The zero-order valence-electron chi connectivity index (χ0n) is 13.5. The van der Waals surface area contributed by atoms with Gasteiger partial charge in [-0.05, 0) is 43.9 Å². The van der Waals surface area contributed by atoms with E-state index in [0.717, 1.165) is 36.0 Å². The Labute approximate surface area is 132 Å². The highest BCUT2D eigenvalue weighted by Gasteiger charge is 2.05. The van der Waals surface area contributed by atoms with Gasteiger partial charge in [0, 0.05) is 25.7 Å². The molecule has 0 saturated carbocycles. The van der Waals surface area contributed by atoms with Crippen LogP contribution in [-0.4, -0.2) is 38.2 Å². The molecule has 0 aliphatic rings. The summed E-state index contributed by atoms with van der Waals surface area (Å²) in [6.07, 6.45) is 3.26.